The zero-order valence-electron chi connectivity index (χ0n) is 8.45. The lowest BCUT2D eigenvalue weighted by atomic mass is 10.1. The molecule has 0 amide bonds. The molecule has 17 heavy (non-hydrogen) atoms. The lowest BCUT2D eigenvalue weighted by molar-refractivity contribution is -0.383. The van der Waals surface area contributed by atoms with Crippen LogP contribution in [0.3, 0.4) is 0 Å². The van der Waals surface area contributed by atoms with Crippen LogP contribution in [-0.4, -0.2) is 20.1 Å². The van der Waals surface area contributed by atoms with E-state index in [4.69, 9.17) is 4.42 Å². The van der Waals surface area contributed by atoms with Crippen molar-refractivity contribution in [1.82, 2.24) is 15.2 Å². The summed E-state index contributed by atoms with van der Waals surface area (Å²) in [6, 6.07) is 3.20. The molecule has 0 spiro atoms. The second-order valence-electron chi connectivity index (χ2n) is 3.46. The monoisotopic (exact) mass is 230 g/mol. The highest BCUT2D eigenvalue weighted by atomic mass is 16.6. The topological polar surface area (TPSA) is 97.9 Å². The normalized spacial score (nSPS) is 10.8. The number of hydrogen-bond donors (Lipinski definition) is 1. The van der Waals surface area contributed by atoms with Gasteiger partial charge in [-0.05, 0) is 6.07 Å². The van der Waals surface area contributed by atoms with Crippen LogP contribution < -0.4 is 0 Å². The number of oxazole rings is 1. The quantitative estimate of drug-likeness (QED) is 0.537. The van der Waals surface area contributed by atoms with Crippen LogP contribution >= 0.6 is 0 Å². The summed E-state index contributed by atoms with van der Waals surface area (Å²) in [5.41, 5.74) is 1.75. The number of nitrogens with one attached hydrogen (secondary N) is 1. The Kier molecular flexibility index (Phi) is 1.91. The molecule has 0 aliphatic rings. The minimum Gasteiger partial charge on any atom is -0.451 e. The maximum atomic E-state index is 11.0. The largest absolute Gasteiger partial charge is 0.451 e. The van der Waals surface area contributed by atoms with Crippen LogP contribution in [0.15, 0.2) is 35.4 Å². The summed E-state index contributed by atoms with van der Waals surface area (Å²) in [4.78, 5) is 14.5. The van der Waals surface area contributed by atoms with Gasteiger partial charge in [-0.3, -0.25) is 15.2 Å². The molecule has 0 radical (unpaired) electrons. The van der Waals surface area contributed by atoms with Crippen molar-refractivity contribution in [3.05, 3.63) is 41.1 Å². The number of fused-ring (bicyclic) bond motifs is 1. The molecular formula is C10H6N4O3. The summed E-state index contributed by atoms with van der Waals surface area (Å²) in [6.45, 7) is 0. The van der Waals surface area contributed by atoms with Gasteiger partial charge >= 0.3 is 0 Å². The Bertz CT molecular complexity index is 687. The summed E-state index contributed by atoms with van der Waals surface area (Å²) in [7, 11) is 0. The van der Waals surface area contributed by atoms with Gasteiger partial charge < -0.3 is 4.42 Å². The smallest absolute Gasteiger partial charge is 0.281 e. The average Bonchev–Trinajstić information content (AvgIpc) is 2.98. The molecule has 0 aliphatic carbocycles. The van der Waals surface area contributed by atoms with Crippen LogP contribution in [0.1, 0.15) is 0 Å². The van der Waals surface area contributed by atoms with E-state index >= 15 is 0 Å². The third kappa shape index (κ3) is 1.44. The van der Waals surface area contributed by atoms with E-state index in [-0.39, 0.29) is 5.69 Å². The maximum absolute atomic E-state index is 11.0. The Hall–Kier alpha value is -2.70. The van der Waals surface area contributed by atoms with Gasteiger partial charge in [-0.15, -0.1) is 0 Å². The summed E-state index contributed by atoms with van der Waals surface area (Å²) < 4.78 is 4.86. The van der Waals surface area contributed by atoms with Crippen LogP contribution in [0.4, 0.5) is 5.69 Å². The lowest BCUT2D eigenvalue weighted by Crippen LogP contribution is -1.90. The summed E-state index contributed by atoms with van der Waals surface area (Å²) in [6.07, 6.45) is 4.14. The molecule has 7 nitrogen and oxygen atoms in total. The van der Waals surface area contributed by atoms with Crippen molar-refractivity contribution in [3.63, 3.8) is 0 Å². The number of hydrogen-bond acceptors (Lipinski definition) is 5. The Morgan fingerprint density at radius 1 is 1.41 bits per heavy atom. The molecule has 1 N–H and O–H groups in total. The molecule has 1 aromatic carbocycles. The van der Waals surface area contributed by atoms with Crippen LogP contribution in [0.2, 0.25) is 0 Å². The van der Waals surface area contributed by atoms with Crippen molar-refractivity contribution in [3.8, 4) is 11.3 Å². The number of H-pyrrole nitrogens is 1. The van der Waals surface area contributed by atoms with E-state index in [0.29, 0.717) is 22.2 Å². The number of non-ortho nitro benzene ring substituents is 1. The van der Waals surface area contributed by atoms with Gasteiger partial charge in [0.1, 0.15) is 12.0 Å². The van der Waals surface area contributed by atoms with Gasteiger partial charge in [0.25, 0.3) is 5.69 Å². The van der Waals surface area contributed by atoms with Gasteiger partial charge in [-0.2, -0.15) is 5.10 Å². The first-order valence-corrected chi connectivity index (χ1v) is 4.76. The van der Waals surface area contributed by atoms with E-state index in [0.717, 1.165) is 0 Å². The van der Waals surface area contributed by atoms with Gasteiger partial charge in [0.2, 0.25) is 0 Å². The molecule has 2 aromatic heterocycles. The first-order chi connectivity index (χ1) is 8.25. The molecule has 0 unspecified atom stereocenters. The predicted octanol–water partition coefficient (Wildman–Crippen LogP) is 2.13. The molecular weight excluding hydrogens is 224 g/mol. The van der Waals surface area contributed by atoms with Crippen LogP contribution in [-0.2, 0) is 0 Å². The second-order valence-corrected chi connectivity index (χ2v) is 3.46. The van der Waals surface area contributed by atoms with Crippen molar-refractivity contribution in [2.75, 3.05) is 0 Å². The molecule has 0 fully saturated rings. The Morgan fingerprint density at radius 3 is 3.00 bits per heavy atom. The Labute approximate surface area is 94.2 Å². The van der Waals surface area contributed by atoms with Crippen LogP contribution in [0.25, 0.3) is 22.2 Å². The zero-order valence-corrected chi connectivity index (χ0v) is 8.45. The molecule has 2 heterocycles. The minimum atomic E-state index is -0.443. The number of benzene rings is 1. The highest BCUT2D eigenvalue weighted by Crippen LogP contribution is 2.30. The van der Waals surface area contributed by atoms with Crippen LogP contribution in [0.5, 0.6) is 0 Å². The number of rotatable bonds is 2. The van der Waals surface area contributed by atoms with Crippen molar-refractivity contribution in [2.45, 2.75) is 0 Å². The zero-order chi connectivity index (χ0) is 11.8. The van der Waals surface area contributed by atoms with E-state index in [1.54, 1.807) is 6.07 Å². The third-order valence-corrected chi connectivity index (χ3v) is 2.46. The number of nitro benzene ring substituents is 1. The number of nitro groups is 1. The van der Waals surface area contributed by atoms with Crippen molar-refractivity contribution < 1.29 is 9.34 Å². The van der Waals surface area contributed by atoms with Crippen molar-refractivity contribution in [2.24, 2.45) is 0 Å². The molecule has 84 valence electrons. The summed E-state index contributed by atoms with van der Waals surface area (Å²) in [5.74, 6) is 0. The van der Waals surface area contributed by atoms with Gasteiger partial charge in [0.05, 0.1) is 22.0 Å². The number of nitrogens with zero attached hydrogens (tertiary/aromatic N) is 3. The van der Waals surface area contributed by atoms with E-state index in [9.17, 15) is 10.1 Å². The predicted molar refractivity (Wildman–Crippen MR) is 58.2 cm³/mol. The SMILES string of the molecule is O=[N+]([O-])c1cc(-c2cocn2)cc2[nH]ncc12. The first kappa shape index (κ1) is 9.52. The standard InChI is InChI=1S/C10H6N4O3/c15-14(16)10-2-6(9-4-17-5-11-9)1-8-7(10)3-12-13-8/h1-5H,(H,12,13). The van der Waals surface area contributed by atoms with Crippen molar-refractivity contribution >= 4 is 16.6 Å². The fraction of sp³-hybridized carbons (Fsp3) is 0. The molecule has 3 rings (SSSR count). The molecule has 7 heteroatoms. The second kappa shape index (κ2) is 3.41. The third-order valence-electron chi connectivity index (χ3n) is 2.46. The molecule has 3 aromatic rings. The van der Waals surface area contributed by atoms with Gasteiger partial charge in [-0.1, -0.05) is 0 Å². The fourth-order valence-electron chi connectivity index (χ4n) is 1.69. The van der Waals surface area contributed by atoms with E-state index in [1.165, 1.54) is 24.9 Å². The van der Waals surface area contributed by atoms with Crippen LogP contribution in [0, 0.1) is 10.1 Å². The van der Waals surface area contributed by atoms with E-state index in [2.05, 4.69) is 15.2 Å². The first-order valence-electron chi connectivity index (χ1n) is 4.76. The maximum Gasteiger partial charge on any atom is 0.281 e. The van der Waals surface area contributed by atoms with Gasteiger partial charge in [0.15, 0.2) is 6.39 Å². The molecule has 0 saturated carbocycles. The van der Waals surface area contributed by atoms with E-state index < -0.39 is 4.92 Å². The summed E-state index contributed by atoms with van der Waals surface area (Å²) in [5, 5.41) is 17.9. The van der Waals surface area contributed by atoms with E-state index in [1.807, 2.05) is 0 Å². The van der Waals surface area contributed by atoms with Crippen molar-refractivity contribution in [1.29, 1.82) is 0 Å². The average molecular weight is 230 g/mol. The molecule has 0 atom stereocenters. The Balaban J connectivity index is 2.31. The highest BCUT2D eigenvalue weighted by Gasteiger charge is 2.16. The minimum absolute atomic E-state index is 0.00532. The number of aromatic nitrogens is 3. The lowest BCUT2D eigenvalue weighted by Gasteiger charge is -1.98. The van der Waals surface area contributed by atoms with Gasteiger partial charge in [0, 0.05) is 11.6 Å². The number of aromatic amines is 1. The highest BCUT2D eigenvalue weighted by molar-refractivity contribution is 5.91. The molecule has 0 aliphatic heterocycles. The summed E-state index contributed by atoms with van der Waals surface area (Å²) >= 11 is 0. The molecule has 0 bridgehead atoms. The molecule has 0 saturated heterocycles. The Morgan fingerprint density at radius 2 is 2.29 bits per heavy atom. The fourth-order valence-corrected chi connectivity index (χ4v) is 1.69. The van der Waals surface area contributed by atoms with Gasteiger partial charge in [-0.25, -0.2) is 4.98 Å².